The molecule has 0 aliphatic carbocycles. The summed E-state index contributed by atoms with van der Waals surface area (Å²) in [6.07, 6.45) is 4.05. The Labute approximate surface area is 200 Å². The number of aryl methyl sites for hydroxylation is 1. The number of hydrogen-bond donors (Lipinski definition) is 3. The zero-order valence-corrected chi connectivity index (χ0v) is 20.9. The Bertz CT molecular complexity index is 1150. The first-order valence-corrected chi connectivity index (χ1v) is 12.7. The number of primary amides is 1. The lowest BCUT2D eigenvalue weighted by Gasteiger charge is -2.23. The molecular weight excluding hydrogens is 458 g/mol. The lowest BCUT2D eigenvalue weighted by molar-refractivity contribution is 0.0759. The predicted molar refractivity (Wildman–Crippen MR) is 126 cm³/mol. The SMILES string of the molecule is Cc1ccc(S(=O)(=O)NC(C)(C)C)cc1C(=O)N1CCCC(n2cc(CNC(N)=O)nn2)CC1. The molecule has 34 heavy (non-hydrogen) atoms. The summed E-state index contributed by atoms with van der Waals surface area (Å²) in [4.78, 5) is 26.1. The summed E-state index contributed by atoms with van der Waals surface area (Å²) < 4.78 is 29.9. The number of likely N-dealkylation sites (tertiary alicyclic amines) is 1. The van der Waals surface area contributed by atoms with E-state index in [9.17, 15) is 18.0 Å². The van der Waals surface area contributed by atoms with Gasteiger partial charge in [0, 0.05) is 24.2 Å². The monoisotopic (exact) mass is 491 g/mol. The first-order valence-electron chi connectivity index (χ1n) is 11.2. The molecule has 0 bridgehead atoms. The van der Waals surface area contributed by atoms with Crippen LogP contribution in [0.5, 0.6) is 0 Å². The van der Waals surface area contributed by atoms with Crippen LogP contribution in [0.25, 0.3) is 0 Å². The van der Waals surface area contributed by atoms with Crippen LogP contribution in [0, 0.1) is 6.92 Å². The quantitative estimate of drug-likeness (QED) is 0.559. The average molecular weight is 492 g/mol. The fourth-order valence-corrected chi connectivity index (χ4v) is 5.37. The van der Waals surface area contributed by atoms with Crippen LogP contribution in [0.4, 0.5) is 4.79 Å². The van der Waals surface area contributed by atoms with Crippen molar-refractivity contribution in [3.8, 4) is 0 Å². The summed E-state index contributed by atoms with van der Waals surface area (Å²) in [5.41, 5.74) is 6.17. The third-order valence-corrected chi connectivity index (χ3v) is 7.31. The van der Waals surface area contributed by atoms with E-state index in [0.717, 1.165) is 18.4 Å². The Balaban J connectivity index is 1.72. The number of nitrogens with zero attached hydrogens (tertiary/aromatic N) is 4. The molecule has 1 aliphatic rings. The summed E-state index contributed by atoms with van der Waals surface area (Å²) in [5, 5.41) is 10.7. The molecular formula is C22H33N7O4S. The molecule has 12 heteroatoms. The summed E-state index contributed by atoms with van der Waals surface area (Å²) in [6.45, 7) is 8.39. The molecule has 4 N–H and O–H groups in total. The van der Waals surface area contributed by atoms with Gasteiger partial charge >= 0.3 is 6.03 Å². The van der Waals surface area contributed by atoms with E-state index in [2.05, 4.69) is 20.4 Å². The normalized spacial score (nSPS) is 17.3. The van der Waals surface area contributed by atoms with Gasteiger partial charge in [-0.25, -0.2) is 22.6 Å². The number of rotatable bonds is 6. The van der Waals surface area contributed by atoms with Gasteiger partial charge in [0.25, 0.3) is 5.91 Å². The molecule has 2 heterocycles. The van der Waals surface area contributed by atoms with E-state index in [1.807, 2.05) is 0 Å². The molecule has 0 saturated carbocycles. The molecule has 3 amide bonds. The minimum absolute atomic E-state index is 0.0661. The minimum atomic E-state index is -3.75. The van der Waals surface area contributed by atoms with E-state index in [1.54, 1.807) is 49.5 Å². The van der Waals surface area contributed by atoms with Crippen molar-refractivity contribution in [2.75, 3.05) is 13.1 Å². The van der Waals surface area contributed by atoms with Gasteiger partial charge in [-0.15, -0.1) is 5.10 Å². The van der Waals surface area contributed by atoms with Crippen LogP contribution in [0.2, 0.25) is 0 Å². The number of sulfonamides is 1. The highest BCUT2D eigenvalue weighted by Crippen LogP contribution is 2.25. The van der Waals surface area contributed by atoms with Crippen LogP contribution < -0.4 is 15.8 Å². The highest BCUT2D eigenvalue weighted by atomic mass is 32.2. The van der Waals surface area contributed by atoms with Crippen molar-refractivity contribution in [1.29, 1.82) is 0 Å². The predicted octanol–water partition coefficient (Wildman–Crippen LogP) is 1.70. The number of nitrogens with one attached hydrogen (secondary N) is 2. The van der Waals surface area contributed by atoms with E-state index >= 15 is 0 Å². The number of nitrogens with two attached hydrogens (primary N) is 1. The summed E-state index contributed by atoms with van der Waals surface area (Å²) >= 11 is 0. The van der Waals surface area contributed by atoms with Gasteiger partial charge in [0.1, 0.15) is 5.69 Å². The maximum absolute atomic E-state index is 13.4. The maximum atomic E-state index is 13.4. The maximum Gasteiger partial charge on any atom is 0.312 e. The molecule has 3 rings (SSSR count). The zero-order valence-electron chi connectivity index (χ0n) is 20.0. The third kappa shape index (κ3) is 6.54. The molecule has 1 aliphatic heterocycles. The zero-order chi connectivity index (χ0) is 25.1. The standard InChI is InChI=1S/C22H33N7O4S/c1-15-7-8-18(34(32,33)26-22(2,3)4)12-19(15)20(30)28-10-5-6-17(9-11-28)29-14-16(25-27-29)13-24-21(23)31/h7-8,12,14,17,26H,5-6,9-11,13H2,1-4H3,(H3,23,24,31). The molecule has 11 nitrogen and oxygen atoms in total. The van der Waals surface area contributed by atoms with Crippen LogP contribution in [-0.2, 0) is 16.6 Å². The van der Waals surface area contributed by atoms with Crippen molar-refractivity contribution in [1.82, 2.24) is 29.9 Å². The van der Waals surface area contributed by atoms with Crippen molar-refractivity contribution >= 4 is 22.0 Å². The average Bonchev–Trinajstić information content (AvgIpc) is 3.06. The smallest absolute Gasteiger partial charge is 0.312 e. The van der Waals surface area contributed by atoms with Crippen LogP contribution in [0.3, 0.4) is 0 Å². The van der Waals surface area contributed by atoms with Crippen LogP contribution in [0.1, 0.15) is 67.7 Å². The van der Waals surface area contributed by atoms with Gasteiger partial charge < -0.3 is 16.0 Å². The molecule has 1 fully saturated rings. The number of amides is 3. The fourth-order valence-electron chi connectivity index (χ4n) is 3.93. The molecule has 1 atom stereocenters. The summed E-state index contributed by atoms with van der Waals surface area (Å²) in [7, 11) is -3.75. The number of benzene rings is 1. The Kier molecular flexibility index (Phi) is 7.61. The van der Waals surface area contributed by atoms with Gasteiger partial charge in [-0.1, -0.05) is 11.3 Å². The second-order valence-corrected chi connectivity index (χ2v) is 11.3. The third-order valence-electron chi connectivity index (χ3n) is 5.55. The topological polar surface area (TPSA) is 152 Å². The number of aromatic nitrogens is 3. The molecule has 1 aromatic heterocycles. The van der Waals surface area contributed by atoms with Crippen molar-refractivity contribution in [2.45, 2.75) is 70.0 Å². The van der Waals surface area contributed by atoms with Crippen LogP contribution in [0.15, 0.2) is 29.3 Å². The molecule has 1 unspecified atom stereocenters. The first kappa shape index (κ1) is 25.6. The Morgan fingerprint density at radius 2 is 1.94 bits per heavy atom. The molecule has 0 radical (unpaired) electrons. The fraction of sp³-hybridized carbons (Fsp3) is 0.545. The summed E-state index contributed by atoms with van der Waals surface area (Å²) in [5.74, 6) is -0.184. The van der Waals surface area contributed by atoms with Crippen molar-refractivity contribution < 1.29 is 18.0 Å². The minimum Gasteiger partial charge on any atom is -0.352 e. The highest BCUT2D eigenvalue weighted by molar-refractivity contribution is 7.89. The molecule has 1 aromatic carbocycles. The number of carbonyl (C=O) groups excluding carboxylic acids is 2. The first-order chi connectivity index (χ1) is 15.9. The van der Waals surface area contributed by atoms with Gasteiger partial charge in [-0.2, -0.15) is 0 Å². The van der Waals surface area contributed by atoms with Crippen LogP contribution >= 0.6 is 0 Å². The van der Waals surface area contributed by atoms with Crippen molar-refractivity contribution in [3.05, 3.63) is 41.2 Å². The molecule has 2 aromatic rings. The largest absolute Gasteiger partial charge is 0.352 e. The van der Waals surface area contributed by atoms with E-state index in [1.165, 1.54) is 12.1 Å². The van der Waals surface area contributed by atoms with Gasteiger partial charge in [0.15, 0.2) is 0 Å². The molecule has 1 saturated heterocycles. The lowest BCUT2D eigenvalue weighted by atomic mass is 10.1. The lowest BCUT2D eigenvalue weighted by Crippen LogP contribution is -2.40. The number of hydrogen-bond acceptors (Lipinski definition) is 6. The van der Waals surface area contributed by atoms with Crippen LogP contribution in [-0.4, -0.2) is 58.9 Å². The van der Waals surface area contributed by atoms with E-state index in [4.69, 9.17) is 5.73 Å². The van der Waals surface area contributed by atoms with Gasteiger partial charge in [-0.05, 0) is 64.7 Å². The van der Waals surface area contributed by atoms with Gasteiger partial charge in [-0.3, -0.25) is 4.79 Å². The number of carbonyl (C=O) groups is 2. The van der Waals surface area contributed by atoms with Gasteiger partial charge in [0.05, 0.1) is 23.7 Å². The Morgan fingerprint density at radius 3 is 2.62 bits per heavy atom. The number of urea groups is 1. The molecule has 0 spiro atoms. The van der Waals surface area contributed by atoms with E-state index < -0.39 is 21.6 Å². The second-order valence-electron chi connectivity index (χ2n) is 9.62. The van der Waals surface area contributed by atoms with Crippen molar-refractivity contribution in [2.24, 2.45) is 5.73 Å². The van der Waals surface area contributed by atoms with E-state index in [-0.39, 0.29) is 23.4 Å². The highest BCUT2D eigenvalue weighted by Gasteiger charge is 2.27. The summed E-state index contributed by atoms with van der Waals surface area (Å²) in [6, 6.07) is 4.09. The Morgan fingerprint density at radius 1 is 1.21 bits per heavy atom. The second kappa shape index (κ2) is 10.1. The van der Waals surface area contributed by atoms with Gasteiger partial charge in [0.2, 0.25) is 10.0 Å². The van der Waals surface area contributed by atoms with Crippen molar-refractivity contribution in [3.63, 3.8) is 0 Å². The van der Waals surface area contributed by atoms with E-state index in [0.29, 0.717) is 30.8 Å². The Hall–Kier alpha value is -2.99. The molecule has 186 valence electrons.